The van der Waals surface area contributed by atoms with Crippen LogP contribution in [0.25, 0.3) is 0 Å². The summed E-state index contributed by atoms with van der Waals surface area (Å²) < 4.78 is 32.9. The molecule has 1 fully saturated rings. The van der Waals surface area contributed by atoms with E-state index in [9.17, 15) is 18.7 Å². The molecule has 5 nitrogen and oxygen atoms in total. The van der Waals surface area contributed by atoms with Crippen molar-refractivity contribution in [2.75, 3.05) is 39.3 Å². The van der Waals surface area contributed by atoms with Gasteiger partial charge in [0.05, 0.1) is 6.61 Å². The molecule has 1 aliphatic rings. The minimum Gasteiger partial charge on any atom is -0.378 e. The molecular formula is C27H28F2N2O3. The highest BCUT2D eigenvalue weighted by Crippen LogP contribution is 2.26. The third-order valence-corrected chi connectivity index (χ3v) is 6.07. The van der Waals surface area contributed by atoms with Gasteiger partial charge in [-0.25, -0.2) is 8.78 Å². The first kappa shape index (κ1) is 24.0. The van der Waals surface area contributed by atoms with E-state index in [1.807, 2.05) is 6.07 Å². The Hall–Kier alpha value is -3.13. The molecule has 0 spiro atoms. The summed E-state index contributed by atoms with van der Waals surface area (Å²) in [5.41, 5.74) is 2.17. The zero-order valence-electron chi connectivity index (χ0n) is 18.8. The monoisotopic (exact) mass is 466 g/mol. The Morgan fingerprint density at radius 1 is 0.794 bits per heavy atom. The molecule has 3 aromatic rings. The van der Waals surface area contributed by atoms with Gasteiger partial charge in [0.15, 0.2) is 6.10 Å². The van der Waals surface area contributed by atoms with Crippen molar-refractivity contribution in [1.29, 1.82) is 0 Å². The molecule has 3 aromatic carbocycles. The van der Waals surface area contributed by atoms with Crippen LogP contribution in [0.1, 0.15) is 28.9 Å². The van der Waals surface area contributed by atoms with Gasteiger partial charge in [0.2, 0.25) is 0 Å². The number of hydrogen-bond donors (Lipinski definition) is 1. The summed E-state index contributed by atoms with van der Waals surface area (Å²) in [6.07, 6.45) is -1.59. The van der Waals surface area contributed by atoms with E-state index in [1.165, 1.54) is 24.3 Å². The second-order valence-corrected chi connectivity index (χ2v) is 8.33. The summed E-state index contributed by atoms with van der Waals surface area (Å²) in [7, 11) is 0. The largest absolute Gasteiger partial charge is 0.378 e. The van der Waals surface area contributed by atoms with E-state index in [1.54, 1.807) is 53.4 Å². The summed E-state index contributed by atoms with van der Waals surface area (Å²) in [6.45, 7) is 3.48. The number of aliphatic hydroxyl groups is 1. The lowest BCUT2D eigenvalue weighted by Crippen LogP contribution is -2.50. The van der Waals surface area contributed by atoms with Crippen molar-refractivity contribution in [3.63, 3.8) is 0 Å². The lowest BCUT2D eigenvalue weighted by Gasteiger charge is -2.35. The number of hydrogen-bond acceptors (Lipinski definition) is 4. The van der Waals surface area contributed by atoms with Gasteiger partial charge in [0.25, 0.3) is 5.91 Å². The summed E-state index contributed by atoms with van der Waals surface area (Å²) in [6, 6.07) is 21.2. The Morgan fingerprint density at radius 2 is 1.32 bits per heavy atom. The second kappa shape index (κ2) is 11.3. The predicted molar refractivity (Wildman–Crippen MR) is 125 cm³/mol. The summed E-state index contributed by atoms with van der Waals surface area (Å²) >= 11 is 0. The quantitative estimate of drug-likeness (QED) is 0.546. The van der Waals surface area contributed by atoms with Gasteiger partial charge in [-0.3, -0.25) is 9.69 Å². The highest BCUT2D eigenvalue weighted by molar-refractivity contribution is 5.82. The van der Waals surface area contributed by atoms with Gasteiger partial charge in [-0.2, -0.15) is 0 Å². The predicted octanol–water partition coefficient (Wildman–Crippen LogP) is 3.95. The minimum atomic E-state index is -1.15. The van der Waals surface area contributed by atoms with Gasteiger partial charge in [0, 0.05) is 32.7 Å². The maximum absolute atomic E-state index is 13.4. The molecule has 178 valence electrons. The Kier molecular flexibility index (Phi) is 8.00. The van der Waals surface area contributed by atoms with Gasteiger partial charge < -0.3 is 14.7 Å². The Morgan fingerprint density at radius 3 is 1.85 bits per heavy atom. The van der Waals surface area contributed by atoms with Crippen LogP contribution in [0, 0.1) is 11.6 Å². The molecule has 0 aromatic heterocycles. The third-order valence-electron chi connectivity index (χ3n) is 6.07. The molecule has 0 saturated carbocycles. The van der Waals surface area contributed by atoms with E-state index in [0.717, 1.165) is 11.1 Å². The first-order chi connectivity index (χ1) is 16.5. The topological polar surface area (TPSA) is 53.0 Å². The van der Waals surface area contributed by atoms with Crippen molar-refractivity contribution in [2.45, 2.75) is 12.2 Å². The van der Waals surface area contributed by atoms with Crippen LogP contribution in [-0.4, -0.2) is 60.1 Å². The summed E-state index contributed by atoms with van der Waals surface area (Å²) in [5, 5.41) is 10.4. The molecule has 0 radical (unpaired) electrons. The lowest BCUT2D eigenvalue weighted by molar-refractivity contribution is -0.142. The molecule has 1 atom stereocenters. The number of carbonyl (C=O) groups excluding carboxylic acids is 1. The summed E-state index contributed by atoms with van der Waals surface area (Å²) in [5.74, 6) is -0.937. The molecule has 0 bridgehead atoms. The zero-order valence-corrected chi connectivity index (χ0v) is 18.8. The lowest BCUT2D eigenvalue weighted by atomic mass is 10.0. The maximum atomic E-state index is 13.4. The number of amides is 1. The van der Waals surface area contributed by atoms with Crippen molar-refractivity contribution in [2.24, 2.45) is 0 Å². The van der Waals surface area contributed by atoms with E-state index < -0.39 is 12.2 Å². The van der Waals surface area contributed by atoms with E-state index in [4.69, 9.17) is 4.74 Å². The van der Waals surface area contributed by atoms with Gasteiger partial charge in [-0.05, 0) is 41.0 Å². The van der Waals surface area contributed by atoms with Crippen LogP contribution in [0.15, 0.2) is 78.9 Å². The molecule has 1 N–H and O–H groups in total. The average Bonchev–Trinajstić information content (AvgIpc) is 2.88. The molecule has 4 rings (SSSR count). The van der Waals surface area contributed by atoms with Gasteiger partial charge in [-0.1, -0.05) is 54.6 Å². The number of benzene rings is 3. The molecule has 1 saturated heterocycles. The molecule has 1 amide bonds. The number of halogens is 2. The standard InChI is InChI=1S/C27H28F2N2O3/c28-23-10-6-21(7-11-23)26(22-8-12-24(29)13-9-22)34-19-18-30-14-16-31(17-15-30)27(33)25(32)20-4-2-1-3-5-20/h1-13,25-26,32H,14-19H2. The number of nitrogens with zero attached hydrogens (tertiary/aromatic N) is 2. The normalized spacial score (nSPS) is 15.5. The smallest absolute Gasteiger partial charge is 0.256 e. The SMILES string of the molecule is O=C(C(O)c1ccccc1)N1CCN(CCOC(c2ccc(F)cc2)c2ccc(F)cc2)CC1. The molecule has 1 unspecified atom stereocenters. The summed E-state index contributed by atoms with van der Waals surface area (Å²) in [4.78, 5) is 16.5. The number of ether oxygens (including phenoxy) is 1. The zero-order chi connectivity index (χ0) is 23.9. The molecule has 7 heteroatoms. The van der Waals surface area contributed by atoms with Crippen LogP contribution in [-0.2, 0) is 9.53 Å². The van der Waals surface area contributed by atoms with Gasteiger partial charge in [0.1, 0.15) is 17.7 Å². The average molecular weight is 467 g/mol. The van der Waals surface area contributed by atoms with Crippen molar-refractivity contribution < 1.29 is 23.4 Å². The second-order valence-electron chi connectivity index (χ2n) is 8.33. The van der Waals surface area contributed by atoms with Crippen LogP contribution < -0.4 is 0 Å². The highest BCUT2D eigenvalue weighted by Gasteiger charge is 2.27. The van der Waals surface area contributed by atoms with Gasteiger partial charge in [-0.15, -0.1) is 0 Å². The maximum Gasteiger partial charge on any atom is 0.256 e. The molecule has 34 heavy (non-hydrogen) atoms. The molecule has 1 aliphatic heterocycles. The fraction of sp³-hybridized carbons (Fsp3) is 0.296. The number of piperazine rings is 1. The molecule has 1 heterocycles. The Balaban J connectivity index is 1.30. The van der Waals surface area contributed by atoms with E-state index >= 15 is 0 Å². The van der Waals surface area contributed by atoms with E-state index in [2.05, 4.69) is 4.90 Å². The Labute approximate surface area is 198 Å². The minimum absolute atomic E-state index is 0.283. The van der Waals surface area contributed by atoms with E-state index in [0.29, 0.717) is 44.9 Å². The van der Waals surface area contributed by atoms with Crippen LogP contribution in [0.2, 0.25) is 0 Å². The number of rotatable bonds is 8. The van der Waals surface area contributed by atoms with Gasteiger partial charge >= 0.3 is 0 Å². The fourth-order valence-electron chi connectivity index (χ4n) is 4.10. The van der Waals surface area contributed by atoms with Crippen LogP contribution in [0.4, 0.5) is 8.78 Å². The Bertz CT molecular complexity index is 1010. The van der Waals surface area contributed by atoms with Crippen molar-refractivity contribution in [1.82, 2.24) is 9.80 Å². The number of carbonyl (C=O) groups is 1. The van der Waals surface area contributed by atoms with Crippen LogP contribution >= 0.6 is 0 Å². The third kappa shape index (κ3) is 6.05. The number of aliphatic hydroxyl groups excluding tert-OH is 1. The van der Waals surface area contributed by atoms with Crippen molar-refractivity contribution >= 4 is 5.91 Å². The first-order valence-corrected chi connectivity index (χ1v) is 11.4. The molecular weight excluding hydrogens is 438 g/mol. The highest BCUT2D eigenvalue weighted by atomic mass is 19.1. The van der Waals surface area contributed by atoms with Crippen LogP contribution in [0.3, 0.4) is 0 Å². The van der Waals surface area contributed by atoms with Crippen molar-refractivity contribution in [3.05, 3.63) is 107 Å². The first-order valence-electron chi connectivity index (χ1n) is 11.4. The fourth-order valence-corrected chi connectivity index (χ4v) is 4.10. The molecule has 0 aliphatic carbocycles. The van der Waals surface area contributed by atoms with Crippen molar-refractivity contribution in [3.8, 4) is 0 Å². The van der Waals surface area contributed by atoms with Crippen LogP contribution in [0.5, 0.6) is 0 Å². The van der Waals surface area contributed by atoms with E-state index in [-0.39, 0.29) is 17.5 Å².